The number of likely N-dealkylation sites (N-methyl/N-ethyl adjacent to an activating group) is 1. The third-order valence-electron chi connectivity index (χ3n) is 13.1. The van der Waals surface area contributed by atoms with Crippen LogP contribution in [0, 0.1) is 0 Å². The molecule has 0 radical (unpaired) electrons. The molecule has 0 aromatic heterocycles. The predicted molar refractivity (Wildman–Crippen MR) is 315 cm³/mol. The van der Waals surface area contributed by atoms with Crippen molar-refractivity contribution < 1.29 is 42.9 Å². The summed E-state index contributed by atoms with van der Waals surface area (Å²) in [7, 11) is 5.92. The first kappa shape index (κ1) is 71.5. The molecule has 0 saturated carbocycles. The van der Waals surface area contributed by atoms with Crippen molar-refractivity contribution in [2.45, 2.75) is 270 Å². The minimum absolute atomic E-state index is 0.143. The Morgan fingerprint density at radius 3 is 1.13 bits per heavy atom. The Balaban J connectivity index is 4.17. The molecular formula is C66H115NO8. The van der Waals surface area contributed by atoms with Gasteiger partial charge in [-0.15, -0.1) is 0 Å². The fourth-order valence-electron chi connectivity index (χ4n) is 8.42. The van der Waals surface area contributed by atoms with Crippen molar-refractivity contribution in [3.8, 4) is 0 Å². The van der Waals surface area contributed by atoms with E-state index < -0.39 is 24.3 Å². The van der Waals surface area contributed by atoms with E-state index in [0.29, 0.717) is 17.4 Å². The van der Waals surface area contributed by atoms with Gasteiger partial charge in [0.2, 0.25) is 0 Å². The molecule has 0 saturated heterocycles. The number of carboxylic acids is 1. The summed E-state index contributed by atoms with van der Waals surface area (Å²) in [4.78, 5) is 37.3. The SMILES string of the molecule is CC/C=C\C/C=C\C/C=C\C/C=C\CCCCCCCCCCCCCCCCCCCCC(=O)OC(COC(=O)CCCCCCCC/C=C\C/C=C\C/C=C\CCCCC)COC(OCC[N+](C)(C)C)C(=O)[O-]. The Labute approximate surface area is 461 Å². The van der Waals surface area contributed by atoms with E-state index in [2.05, 4.69) is 98.9 Å². The van der Waals surface area contributed by atoms with Crippen LogP contribution in [0.5, 0.6) is 0 Å². The Bertz CT molecular complexity index is 1500. The monoisotopic (exact) mass is 1050 g/mol. The number of rotatable bonds is 56. The predicted octanol–water partition coefficient (Wildman–Crippen LogP) is 17.0. The molecule has 0 amide bonds. The number of esters is 2. The number of aliphatic carboxylic acids is 1. The summed E-state index contributed by atoms with van der Waals surface area (Å²) in [6.45, 7) is 4.61. The number of allylic oxidation sites excluding steroid dienone is 14. The van der Waals surface area contributed by atoms with E-state index in [0.717, 1.165) is 83.5 Å². The lowest BCUT2D eigenvalue weighted by atomic mass is 10.0. The van der Waals surface area contributed by atoms with E-state index in [1.807, 2.05) is 21.1 Å². The number of carbonyl (C=O) groups is 3. The number of carboxylic acid groups (broad SMARTS) is 1. The minimum atomic E-state index is -1.63. The van der Waals surface area contributed by atoms with Gasteiger partial charge in [-0.2, -0.15) is 0 Å². The summed E-state index contributed by atoms with van der Waals surface area (Å²) in [5.74, 6) is -2.30. The van der Waals surface area contributed by atoms with Gasteiger partial charge in [-0.05, 0) is 89.9 Å². The van der Waals surface area contributed by atoms with Crippen LogP contribution in [0.15, 0.2) is 85.1 Å². The van der Waals surface area contributed by atoms with Gasteiger partial charge in [0.25, 0.3) is 0 Å². The molecule has 0 spiro atoms. The largest absolute Gasteiger partial charge is 0.545 e. The van der Waals surface area contributed by atoms with Gasteiger partial charge in [0.1, 0.15) is 13.2 Å². The Morgan fingerprint density at radius 2 is 0.760 bits per heavy atom. The molecule has 0 aliphatic rings. The summed E-state index contributed by atoms with van der Waals surface area (Å²) < 4.78 is 22.7. The topological polar surface area (TPSA) is 111 Å². The second-order valence-electron chi connectivity index (χ2n) is 21.6. The van der Waals surface area contributed by atoms with Crippen LogP contribution in [0.1, 0.15) is 258 Å². The second kappa shape index (κ2) is 56.7. The standard InChI is InChI=1S/C66H115NO8/c1-6-8-10-12-14-16-18-20-22-24-26-27-28-29-30-31-32-33-34-35-36-37-39-41-43-45-47-49-51-53-55-57-64(69)75-62(61-74-66(65(70)71)72-59-58-67(3,4)5)60-73-63(68)56-54-52-50-48-46-44-42-40-38-25-23-21-19-17-15-13-11-9-7-2/h8,10,14-17,20-23,26-27,38,40,62,66H,6-7,9,11-13,18-19,24-25,28-37,39,41-61H2,1-5H3/b10-8-,16-14-,17-15-,22-20-,23-21-,27-26-,40-38-. The van der Waals surface area contributed by atoms with E-state index in [4.69, 9.17) is 18.9 Å². The van der Waals surface area contributed by atoms with Crippen LogP contribution in [0.2, 0.25) is 0 Å². The number of carbonyl (C=O) groups excluding carboxylic acids is 3. The summed E-state index contributed by atoms with van der Waals surface area (Å²) in [5, 5.41) is 11.8. The van der Waals surface area contributed by atoms with Gasteiger partial charge < -0.3 is 33.3 Å². The molecule has 0 aromatic carbocycles. The lowest BCUT2D eigenvalue weighted by molar-refractivity contribution is -0.870. The van der Waals surface area contributed by atoms with Crippen molar-refractivity contribution in [1.82, 2.24) is 0 Å². The summed E-state index contributed by atoms with van der Waals surface area (Å²) >= 11 is 0. The Morgan fingerprint density at radius 1 is 0.413 bits per heavy atom. The van der Waals surface area contributed by atoms with Gasteiger partial charge in [0.15, 0.2) is 12.4 Å². The van der Waals surface area contributed by atoms with Crippen molar-refractivity contribution in [1.29, 1.82) is 0 Å². The highest BCUT2D eigenvalue weighted by Crippen LogP contribution is 2.16. The van der Waals surface area contributed by atoms with Crippen molar-refractivity contribution in [3.05, 3.63) is 85.1 Å². The quantitative estimate of drug-likeness (QED) is 0.0195. The molecule has 0 aromatic rings. The molecule has 0 bridgehead atoms. The molecule has 2 unspecified atom stereocenters. The molecule has 0 N–H and O–H groups in total. The van der Waals surface area contributed by atoms with Crippen LogP contribution in [0.3, 0.4) is 0 Å². The van der Waals surface area contributed by atoms with Crippen LogP contribution >= 0.6 is 0 Å². The second-order valence-corrected chi connectivity index (χ2v) is 21.6. The van der Waals surface area contributed by atoms with Gasteiger partial charge in [-0.1, -0.05) is 240 Å². The molecule has 0 aliphatic carbocycles. The van der Waals surface area contributed by atoms with Crippen molar-refractivity contribution in [3.63, 3.8) is 0 Å². The molecule has 0 fully saturated rings. The van der Waals surface area contributed by atoms with E-state index in [1.54, 1.807) is 0 Å². The van der Waals surface area contributed by atoms with E-state index in [9.17, 15) is 19.5 Å². The van der Waals surface area contributed by atoms with Crippen LogP contribution in [0.25, 0.3) is 0 Å². The van der Waals surface area contributed by atoms with Crippen molar-refractivity contribution >= 4 is 17.9 Å². The molecule has 0 heterocycles. The molecule has 0 rings (SSSR count). The van der Waals surface area contributed by atoms with Gasteiger partial charge in [0.05, 0.1) is 40.3 Å². The first-order valence-electron chi connectivity index (χ1n) is 30.7. The summed E-state index contributed by atoms with van der Waals surface area (Å²) in [6.07, 6.45) is 72.1. The van der Waals surface area contributed by atoms with Crippen LogP contribution < -0.4 is 5.11 Å². The molecule has 0 aliphatic heterocycles. The van der Waals surface area contributed by atoms with Crippen LogP contribution in [0.4, 0.5) is 0 Å². The average molecular weight is 1050 g/mol. The lowest BCUT2D eigenvalue weighted by Gasteiger charge is -2.26. The molecule has 2 atom stereocenters. The normalized spacial score (nSPS) is 13.3. The average Bonchev–Trinajstić information content (AvgIpc) is 3.38. The molecule has 9 nitrogen and oxygen atoms in total. The smallest absolute Gasteiger partial charge is 0.306 e. The third kappa shape index (κ3) is 58.0. The Hall–Kier alpha value is -3.53. The maximum atomic E-state index is 12.9. The summed E-state index contributed by atoms with van der Waals surface area (Å²) in [6, 6.07) is 0. The number of nitrogens with zero attached hydrogens (tertiary/aromatic N) is 1. The number of hydrogen-bond acceptors (Lipinski definition) is 8. The zero-order valence-electron chi connectivity index (χ0n) is 49.1. The minimum Gasteiger partial charge on any atom is -0.545 e. The van der Waals surface area contributed by atoms with Crippen molar-refractivity contribution in [2.75, 3.05) is 47.5 Å². The fourth-order valence-corrected chi connectivity index (χ4v) is 8.42. The van der Waals surface area contributed by atoms with E-state index in [1.165, 1.54) is 141 Å². The highest BCUT2D eigenvalue weighted by molar-refractivity contribution is 5.70. The first-order valence-corrected chi connectivity index (χ1v) is 30.7. The number of unbranched alkanes of at least 4 members (excludes halogenated alkanes) is 27. The fraction of sp³-hybridized carbons (Fsp3) is 0.742. The number of hydrogen-bond donors (Lipinski definition) is 0. The molecule has 75 heavy (non-hydrogen) atoms. The molecule has 432 valence electrons. The summed E-state index contributed by atoms with van der Waals surface area (Å²) in [5.41, 5.74) is 0. The zero-order chi connectivity index (χ0) is 54.8. The van der Waals surface area contributed by atoms with Gasteiger partial charge in [0, 0.05) is 12.8 Å². The number of quaternary nitrogens is 1. The highest BCUT2D eigenvalue weighted by Gasteiger charge is 2.22. The Kier molecular flexibility index (Phi) is 54.0. The first-order chi connectivity index (χ1) is 36.6. The number of ether oxygens (including phenoxy) is 4. The maximum absolute atomic E-state index is 12.9. The van der Waals surface area contributed by atoms with Gasteiger partial charge in [-0.25, -0.2) is 0 Å². The molecular weight excluding hydrogens is 935 g/mol. The van der Waals surface area contributed by atoms with Crippen LogP contribution in [-0.4, -0.2) is 82.3 Å². The van der Waals surface area contributed by atoms with Crippen molar-refractivity contribution in [2.24, 2.45) is 0 Å². The van der Waals surface area contributed by atoms with E-state index >= 15 is 0 Å². The zero-order valence-corrected chi connectivity index (χ0v) is 49.1. The van der Waals surface area contributed by atoms with Crippen LogP contribution in [-0.2, 0) is 33.3 Å². The highest BCUT2D eigenvalue weighted by atomic mass is 16.7. The third-order valence-corrected chi connectivity index (χ3v) is 13.1. The molecule has 9 heteroatoms. The van der Waals surface area contributed by atoms with Gasteiger partial charge in [-0.3, -0.25) is 9.59 Å². The lowest BCUT2D eigenvalue weighted by Crippen LogP contribution is -2.44. The van der Waals surface area contributed by atoms with E-state index in [-0.39, 0.29) is 38.6 Å². The van der Waals surface area contributed by atoms with Gasteiger partial charge >= 0.3 is 11.9 Å². The maximum Gasteiger partial charge on any atom is 0.306 e.